The molecule has 1 aromatic rings. The van der Waals surface area contributed by atoms with Gasteiger partial charge in [-0.05, 0) is 29.7 Å². The molecule has 0 aliphatic heterocycles. The Morgan fingerprint density at radius 3 is 2.71 bits per heavy atom. The minimum Gasteiger partial charge on any atom is -0.326 e. The second kappa shape index (κ2) is 6.04. The molecule has 0 aliphatic carbocycles. The zero-order valence-electron chi connectivity index (χ0n) is 8.86. The molecule has 0 aliphatic rings. The van der Waals surface area contributed by atoms with Gasteiger partial charge in [0.05, 0.1) is 5.03 Å². The van der Waals surface area contributed by atoms with Crippen LogP contribution in [0.2, 0.25) is 0 Å². The van der Waals surface area contributed by atoms with Crippen molar-refractivity contribution in [2.24, 2.45) is 11.7 Å². The van der Waals surface area contributed by atoms with E-state index in [1.54, 1.807) is 0 Å². The van der Waals surface area contributed by atoms with Crippen molar-refractivity contribution in [1.82, 2.24) is 4.98 Å². The molecule has 0 unspecified atom stereocenters. The summed E-state index contributed by atoms with van der Waals surface area (Å²) in [5.74, 6) is 1.91. The number of pyridine rings is 1. The van der Waals surface area contributed by atoms with E-state index < -0.39 is 0 Å². The molecule has 14 heavy (non-hydrogen) atoms. The maximum atomic E-state index is 5.49. The van der Waals surface area contributed by atoms with Gasteiger partial charge in [-0.1, -0.05) is 19.9 Å². The van der Waals surface area contributed by atoms with Gasteiger partial charge in [0.2, 0.25) is 0 Å². The summed E-state index contributed by atoms with van der Waals surface area (Å²) in [5, 5.41) is 1.10. The lowest BCUT2D eigenvalue weighted by Crippen LogP contribution is -1.97. The van der Waals surface area contributed by atoms with Crippen LogP contribution in [0, 0.1) is 5.92 Å². The Bertz CT molecular complexity index is 256. The Balaban J connectivity index is 2.36. The number of hydrogen-bond donors (Lipinski definition) is 1. The van der Waals surface area contributed by atoms with Crippen LogP contribution in [-0.2, 0) is 6.54 Å². The Hall–Kier alpha value is -0.540. The van der Waals surface area contributed by atoms with Crippen LogP contribution in [0.4, 0.5) is 0 Å². The van der Waals surface area contributed by atoms with Gasteiger partial charge in [-0.2, -0.15) is 0 Å². The van der Waals surface area contributed by atoms with Crippen LogP contribution in [0.1, 0.15) is 25.8 Å². The van der Waals surface area contributed by atoms with Crippen molar-refractivity contribution in [2.45, 2.75) is 31.8 Å². The zero-order chi connectivity index (χ0) is 10.4. The molecule has 2 nitrogen and oxygen atoms in total. The van der Waals surface area contributed by atoms with E-state index in [0.717, 1.165) is 22.3 Å². The molecule has 78 valence electrons. The van der Waals surface area contributed by atoms with Crippen molar-refractivity contribution in [3.05, 3.63) is 23.9 Å². The monoisotopic (exact) mass is 210 g/mol. The molecule has 1 aromatic heterocycles. The molecule has 0 fully saturated rings. The largest absolute Gasteiger partial charge is 0.326 e. The number of aromatic nitrogens is 1. The summed E-state index contributed by atoms with van der Waals surface area (Å²) < 4.78 is 0. The van der Waals surface area contributed by atoms with E-state index in [1.807, 2.05) is 30.1 Å². The first-order chi connectivity index (χ1) is 6.72. The van der Waals surface area contributed by atoms with E-state index in [4.69, 9.17) is 5.73 Å². The van der Waals surface area contributed by atoms with E-state index in [9.17, 15) is 0 Å². The van der Waals surface area contributed by atoms with Gasteiger partial charge in [-0.3, -0.25) is 0 Å². The average molecular weight is 210 g/mol. The van der Waals surface area contributed by atoms with Gasteiger partial charge in [0.25, 0.3) is 0 Å². The maximum Gasteiger partial charge on any atom is 0.0960 e. The Morgan fingerprint density at radius 2 is 2.21 bits per heavy atom. The van der Waals surface area contributed by atoms with Gasteiger partial charge in [0.15, 0.2) is 0 Å². The van der Waals surface area contributed by atoms with Crippen LogP contribution in [-0.4, -0.2) is 10.7 Å². The van der Waals surface area contributed by atoms with Crippen molar-refractivity contribution in [3.63, 3.8) is 0 Å². The van der Waals surface area contributed by atoms with Crippen molar-refractivity contribution in [1.29, 1.82) is 0 Å². The molecule has 2 N–H and O–H groups in total. The molecular formula is C11H18N2S. The highest BCUT2D eigenvalue weighted by atomic mass is 32.2. The topological polar surface area (TPSA) is 38.9 Å². The van der Waals surface area contributed by atoms with Crippen molar-refractivity contribution in [2.75, 3.05) is 5.75 Å². The smallest absolute Gasteiger partial charge is 0.0960 e. The third-order valence-electron chi connectivity index (χ3n) is 1.98. The van der Waals surface area contributed by atoms with Crippen LogP contribution < -0.4 is 5.73 Å². The lowest BCUT2D eigenvalue weighted by atomic mass is 10.2. The third-order valence-corrected chi connectivity index (χ3v) is 2.96. The minimum atomic E-state index is 0.573. The minimum absolute atomic E-state index is 0.573. The van der Waals surface area contributed by atoms with Crippen LogP contribution in [0.15, 0.2) is 23.4 Å². The molecule has 1 heterocycles. The summed E-state index contributed by atoms with van der Waals surface area (Å²) in [6, 6.07) is 4.10. The molecule has 0 saturated carbocycles. The predicted octanol–water partition coefficient (Wildman–Crippen LogP) is 2.68. The third kappa shape index (κ3) is 4.11. The van der Waals surface area contributed by atoms with Gasteiger partial charge in [-0.25, -0.2) is 4.98 Å². The molecule has 1 rings (SSSR count). The molecule has 0 atom stereocenters. The fourth-order valence-corrected chi connectivity index (χ4v) is 2.11. The lowest BCUT2D eigenvalue weighted by Gasteiger charge is -2.04. The Labute approximate surface area is 90.3 Å². The summed E-state index contributed by atoms with van der Waals surface area (Å²) >= 11 is 1.82. The summed E-state index contributed by atoms with van der Waals surface area (Å²) in [6.07, 6.45) is 3.10. The fraction of sp³-hybridized carbons (Fsp3) is 0.545. The second-order valence-corrected chi connectivity index (χ2v) is 4.85. The van der Waals surface area contributed by atoms with Crippen LogP contribution in [0.3, 0.4) is 0 Å². The molecule has 0 spiro atoms. The summed E-state index contributed by atoms with van der Waals surface area (Å²) in [5.41, 5.74) is 6.59. The van der Waals surface area contributed by atoms with Gasteiger partial charge in [0.1, 0.15) is 0 Å². The summed E-state index contributed by atoms with van der Waals surface area (Å²) in [7, 11) is 0. The van der Waals surface area contributed by atoms with E-state index in [0.29, 0.717) is 6.54 Å². The highest BCUT2D eigenvalue weighted by molar-refractivity contribution is 7.99. The predicted molar refractivity (Wildman–Crippen MR) is 62.3 cm³/mol. The van der Waals surface area contributed by atoms with E-state index in [2.05, 4.69) is 18.8 Å². The van der Waals surface area contributed by atoms with Gasteiger partial charge in [-0.15, -0.1) is 11.8 Å². The number of nitrogens with zero attached hydrogens (tertiary/aromatic N) is 1. The number of rotatable bonds is 5. The maximum absolute atomic E-state index is 5.49. The quantitative estimate of drug-likeness (QED) is 0.759. The first-order valence-electron chi connectivity index (χ1n) is 5.00. The highest BCUT2D eigenvalue weighted by Gasteiger charge is 1.98. The zero-order valence-corrected chi connectivity index (χ0v) is 9.68. The molecule has 3 heteroatoms. The molecule has 0 aromatic carbocycles. The number of thioether (sulfide) groups is 1. The van der Waals surface area contributed by atoms with Crippen LogP contribution in [0.25, 0.3) is 0 Å². The van der Waals surface area contributed by atoms with Gasteiger partial charge >= 0.3 is 0 Å². The SMILES string of the molecule is CC(C)CCSc1ccc(CN)cn1. The highest BCUT2D eigenvalue weighted by Crippen LogP contribution is 2.18. The standard InChI is InChI=1S/C11H18N2S/c1-9(2)5-6-14-11-4-3-10(7-12)8-13-11/h3-4,8-9H,5-7,12H2,1-2H3. The first kappa shape index (κ1) is 11.5. The van der Waals surface area contributed by atoms with Crippen molar-refractivity contribution >= 4 is 11.8 Å². The van der Waals surface area contributed by atoms with Crippen LogP contribution in [0.5, 0.6) is 0 Å². The second-order valence-electron chi connectivity index (χ2n) is 3.74. The average Bonchev–Trinajstić information content (AvgIpc) is 2.18. The van der Waals surface area contributed by atoms with E-state index >= 15 is 0 Å². The van der Waals surface area contributed by atoms with Gasteiger partial charge < -0.3 is 5.73 Å². The Morgan fingerprint density at radius 1 is 1.43 bits per heavy atom. The number of nitrogens with two attached hydrogens (primary N) is 1. The fourth-order valence-electron chi connectivity index (χ4n) is 1.02. The van der Waals surface area contributed by atoms with E-state index in [1.165, 1.54) is 6.42 Å². The normalized spacial score (nSPS) is 10.9. The number of hydrogen-bond acceptors (Lipinski definition) is 3. The lowest BCUT2D eigenvalue weighted by molar-refractivity contribution is 0.632. The van der Waals surface area contributed by atoms with E-state index in [-0.39, 0.29) is 0 Å². The molecule has 0 saturated heterocycles. The Kier molecular flexibility index (Phi) is 4.98. The molecule has 0 bridgehead atoms. The van der Waals surface area contributed by atoms with Crippen molar-refractivity contribution < 1.29 is 0 Å². The molecular weight excluding hydrogens is 192 g/mol. The molecule has 0 amide bonds. The summed E-state index contributed by atoms with van der Waals surface area (Å²) in [6.45, 7) is 5.06. The molecule has 0 radical (unpaired) electrons. The van der Waals surface area contributed by atoms with Crippen molar-refractivity contribution in [3.8, 4) is 0 Å². The summed E-state index contributed by atoms with van der Waals surface area (Å²) in [4.78, 5) is 4.33. The first-order valence-corrected chi connectivity index (χ1v) is 5.98. The van der Waals surface area contributed by atoms with Crippen LogP contribution >= 0.6 is 11.8 Å². The van der Waals surface area contributed by atoms with Gasteiger partial charge in [0, 0.05) is 12.7 Å².